The number of hydrogen-bond donors (Lipinski definition) is 2. The predicted molar refractivity (Wildman–Crippen MR) is 90.7 cm³/mol. The summed E-state index contributed by atoms with van der Waals surface area (Å²) in [5.74, 6) is -1.93. The van der Waals surface area contributed by atoms with Crippen LogP contribution in [0.15, 0.2) is 48.5 Å². The molecule has 6 nitrogen and oxygen atoms in total. The zero-order chi connectivity index (χ0) is 18.4. The maximum Gasteiger partial charge on any atom is 0.338 e. The van der Waals surface area contributed by atoms with E-state index in [2.05, 4.69) is 10.6 Å². The van der Waals surface area contributed by atoms with Crippen molar-refractivity contribution in [3.63, 3.8) is 0 Å². The van der Waals surface area contributed by atoms with E-state index >= 15 is 0 Å². The minimum atomic E-state index is -1.05. The first-order valence-electron chi connectivity index (χ1n) is 7.50. The number of halogens is 1. The van der Waals surface area contributed by atoms with E-state index in [1.165, 1.54) is 50.2 Å². The van der Waals surface area contributed by atoms with Gasteiger partial charge in [-0.15, -0.1) is 0 Å². The Hall–Kier alpha value is -3.22. The van der Waals surface area contributed by atoms with Gasteiger partial charge in [0.15, 0.2) is 6.10 Å². The van der Waals surface area contributed by atoms with Gasteiger partial charge in [-0.25, -0.2) is 9.18 Å². The van der Waals surface area contributed by atoms with Crippen LogP contribution in [0.2, 0.25) is 0 Å². The topological polar surface area (TPSA) is 84.5 Å². The first-order chi connectivity index (χ1) is 11.8. The Labute approximate surface area is 144 Å². The van der Waals surface area contributed by atoms with Crippen LogP contribution >= 0.6 is 0 Å². The SMILES string of the molecule is CC(=O)Nc1cccc(C(=O)O[C@@H](C)C(=O)Nc2ccc(F)cc2)c1. The molecule has 2 N–H and O–H groups in total. The Morgan fingerprint density at radius 2 is 1.68 bits per heavy atom. The number of ether oxygens (including phenoxy) is 1. The molecule has 0 unspecified atom stereocenters. The highest BCUT2D eigenvalue weighted by molar-refractivity contribution is 5.98. The summed E-state index contributed by atoms with van der Waals surface area (Å²) in [5.41, 5.74) is 1.04. The van der Waals surface area contributed by atoms with E-state index in [0.717, 1.165) is 0 Å². The van der Waals surface area contributed by atoms with Gasteiger partial charge >= 0.3 is 5.97 Å². The van der Waals surface area contributed by atoms with Crippen LogP contribution in [0.3, 0.4) is 0 Å². The molecule has 7 heteroatoms. The van der Waals surface area contributed by atoms with Crippen molar-refractivity contribution in [3.8, 4) is 0 Å². The van der Waals surface area contributed by atoms with Gasteiger partial charge in [-0.1, -0.05) is 6.07 Å². The van der Waals surface area contributed by atoms with Crippen molar-refractivity contribution in [2.75, 3.05) is 10.6 Å². The normalized spacial score (nSPS) is 11.3. The second-order valence-electron chi connectivity index (χ2n) is 5.31. The van der Waals surface area contributed by atoms with Gasteiger partial charge in [0.1, 0.15) is 5.82 Å². The molecule has 0 fully saturated rings. The monoisotopic (exact) mass is 344 g/mol. The van der Waals surface area contributed by atoms with Crippen molar-refractivity contribution >= 4 is 29.2 Å². The second kappa shape index (κ2) is 8.05. The Morgan fingerprint density at radius 1 is 1.00 bits per heavy atom. The van der Waals surface area contributed by atoms with E-state index in [0.29, 0.717) is 11.4 Å². The van der Waals surface area contributed by atoms with E-state index in [-0.39, 0.29) is 11.5 Å². The summed E-state index contributed by atoms with van der Waals surface area (Å²) >= 11 is 0. The molecule has 130 valence electrons. The number of carbonyl (C=O) groups excluding carboxylic acids is 3. The molecule has 2 amide bonds. The number of anilines is 2. The van der Waals surface area contributed by atoms with Crippen LogP contribution in [0.25, 0.3) is 0 Å². The van der Waals surface area contributed by atoms with Gasteiger partial charge in [-0.05, 0) is 49.4 Å². The first kappa shape index (κ1) is 18.1. The fourth-order valence-corrected chi connectivity index (χ4v) is 1.99. The average molecular weight is 344 g/mol. The molecular formula is C18H17FN2O4. The molecule has 2 aromatic rings. The van der Waals surface area contributed by atoms with Crippen LogP contribution in [0.1, 0.15) is 24.2 Å². The number of nitrogens with one attached hydrogen (secondary N) is 2. The Kier molecular flexibility index (Phi) is 5.84. The molecule has 0 bridgehead atoms. The third-order valence-corrected chi connectivity index (χ3v) is 3.18. The molecule has 0 aromatic heterocycles. The van der Waals surface area contributed by atoms with E-state index in [4.69, 9.17) is 4.74 Å². The van der Waals surface area contributed by atoms with Crippen molar-refractivity contribution in [3.05, 3.63) is 59.9 Å². The molecule has 0 saturated heterocycles. The fourth-order valence-electron chi connectivity index (χ4n) is 1.99. The van der Waals surface area contributed by atoms with Crippen molar-refractivity contribution in [1.82, 2.24) is 0 Å². The largest absolute Gasteiger partial charge is 0.449 e. The number of amides is 2. The maximum atomic E-state index is 12.8. The average Bonchev–Trinajstić information content (AvgIpc) is 2.56. The van der Waals surface area contributed by atoms with Crippen molar-refractivity contribution < 1.29 is 23.5 Å². The van der Waals surface area contributed by atoms with Crippen molar-refractivity contribution in [2.24, 2.45) is 0 Å². The summed E-state index contributed by atoms with van der Waals surface area (Å²) in [6.45, 7) is 2.78. The van der Waals surface area contributed by atoms with Crippen molar-refractivity contribution in [1.29, 1.82) is 0 Å². The van der Waals surface area contributed by atoms with Gasteiger partial charge in [0.2, 0.25) is 5.91 Å². The summed E-state index contributed by atoms with van der Waals surface area (Å²) < 4.78 is 18.0. The lowest BCUT2D eigenvalue weighted by Crippen LogP contribution is -2.30. The minimum Gasteiger partial charge on any atom is -0.449 e. The summed E-state index contributed by atoms with van der Waals surface area (Å²) in [6.07, 6.45) is -1.05. The second-order valence-corrected chi connectivity index (χ2v) is 5.31. The fraction of sp³-hybridized carbons (Fsp3) is 0.167. The van der Waals surface area contributed by atoms with E-state index < -0.39 is 23.8 Å². The lowest BCUT2D eigenvalue weighted by Gasteiger charge is -2.14. The number of esters is 1. The highest BCUT2D eigenvalue weighted by atomic mass is 19.1. The van der Waals surface area contributed by atoms with Crippen LogP contribution in [0, 0.1) is 5.82 Å². The molecule has 2 rings (SSSR count). The van der Waals surface area contributed by atoms with Gasteiger partial charge in [0.25, 0.3) is 5.91 Å². The van der Waals surface area contributed by atoms with Gasteiger partial charge in [0.05, 0.1) is 5.56 Å². The third kappa shape index (κ3) is 5.42. The Balaban J connectivity index is 1.98. The highest BCUT2D eigenvalue weighted by Gasteiger charge is 2.19. The lowest BCUT2D eigenvalue weighted by atomic mass is 10.2. The molecule has 1 atom stereocenters. The van der Waals surface area contributed by atoms with Gasteiger partial charge in [-0.2, -0.15) is 0 Å². The van der Waals surface area contributed by atoms with Gasteiger partial charge in [0, 0.05) is 18.3 Å². The van der Waals surface area contributed by atoms with E-state index in [1.54, 1.807) is 12.1 Å². The zero-order valence-corrected chi connectivity index (χ0v) is 13.7. The van der Waals surface area contributed by atoms with Crippen LogP contribution in [0.4, 0.5) is 15.8 Å². The zero-order valence-electron chi connectivity index (χ0n) is 13.7. The summed E-state index contributed by atoms with van der Waals surface area (Å²) in [6, 6.07) is 11.4. The molecule has 0 radical (unpaired) electrons. The smallest absolute Gasteiger partial charge is 0.338 e. The summed E-state index contributed by atoms with van der Waals surface area (Å²) in [5, 5.41) is 5.08. The molecule has 0 heterocycles. The molecule has 0 saturated carbocycles. The molecule has 0 aliphatic heterocycles. The van der Waals surface area contributed by atoms with Crippen molar-refractivity contribution in [2.45, 2.75) is 20.0 Å². The first-order valence-corrected chi connectivity index (χ1v) is 7.50. The van der Waals surface area contributed by atoms with E-state index in [9.17, 15) is 18.8 Å². The Bertz CT molecular complexity index is 790. The van der Waals surface area contributed by atoms with E-state index in [1.807, 2.05) is 0 Å². The molecular weight excluding hydrogens is 327 g/mol. The third-order valence-electron chi connectivity index (χ3n) is 3.18. The standard InChI is InChI=1S/C18H17FN2O4/c1-11(17(23)21-15-8-6-14(19)7-9-15)25-18(24)13-4-3-5-16(10-13)20-12(2)22/h3-11H,1-2H3,(H,20,22)(H,21,23)/t11-/m0/s1. The lowest BCUT2D eigenvalue weighted by molar-refractivity contribution is -0.123. The maximum absolute atomic E-state index is 12.8. The molecule has 0 spiro atoms. The summed E-state index contributed by atoms with van der Waals surface area (Å²) in [7, 11) is 0. The Morgan fingerprint density at radius 3 is 2.32 bits per heavy atom. The molecule has 2 aromatic carbocycles. The number of hydrogen-bond acceptors (Lipinski definition) is 4. The minimum absolute atomic E-state index is 0.202. The van der Waals surface area contributed by atoms with Gasteiger partial charge < -0.3 is 15.4 Å². The quantitative estimate of drug-likeness (QED) is 0.817. The summed E-state index contributed by atoms with van der Waals surface area (Å²) in [4.78, 5) is 35.2. The molecule has 25 heavy (non-hydrogen) atoms. The number of benzene rings is 2. The number of rotatable bonds is 5. The van der Waals surface area contributed by atoms with Gasteiger partial charge in [-0.3, -0.25) is 9.59 Å². The van der Waals surface area contributed by atoms with Crippen LogP contribution in [0.5, 0.6) is 0 Å². The number of carbonyl (C=O) groups is 3. The van der Waals surface area contributed by atoms with Crippen LogP contribution in [-0.4, -0.2) is 23.9 Å². The molecule has 0 aliphatic carbocycles. The van der Waals surface area contributed by atoms with Crippen LogP contribution in [-0.2, 0) is 14.3 Å². The predicted octanol–water partition coefficient (Wildman–Crippen LogP) is 2.97. The molecule has 0 aliphatic rings. The highest BCUT2D eigenvalue weighted by Crippen LogP contribution is 2.14. The van der Waals surface area contributed by atoms with Crippen LogP contribution < -0.4 is 10.6 Å².